The van der Waals surface area contributed by atoms with Crippen molar-refractivity contribution in [3.63, 3.8) is 0 Å². The van der Waals surface area contributed by atoms with E-state index in [9.17, 15) is 13.2 Å². The smallest absolute Gasteiger partial charge is 0.236 e. The number of amides is 1. The summed E-state index contributed by atoms with van der Waals surface area (Å²) in [4.78, 5) is 13.0. The van der Waals surface area contributed by atoms with E-state index in [0.29, 0.717) is 24.2 Å². The van der Waals surface area contributed by atoms with Gasteiger partial charge in [0.15, 0.2) is 0 Å². The lowest BCUT2D eigenvalue weighted by atomic mass is 9.95. The molecule has 6 heteroatoms. The van der Waals surface area contributed by atoms with Crippen molar-refractivity contribution in [3.05, 3.63) is 58.6 Å². The molecule has 26 heavy (non-hydrogen) atoms. The molecule has 0 heterocycles. The monoisotopic (exact) mass is 376 g/mol. The molecule has 142 valence electrons. The Hall–Kier alpha value is -1.92. The first-order valence-electron chi connectivity index (χ1n) is 9.15. The van der Waals surface area contributed by atoms with E-state index >= 15 is 0 Å². The van der Waals surface area contributed by atoms with Crippen molar-refractivity contribution in [2.24, 2.45) is 0 Å². The van der Waals surface area contributed by atoms with E-state index in [1.54, 1.807) is 12.2 Å². The molecule has 5 nitrogen and oxygen atoms in total. The Bertz CT molecular complexity index is 783. The van der Waals surface area contributed by atoms with Gasteiger partial charge in [0.05, 0.1) is 10.8 Å². The Morgan fingerprint density at radius 2 is 1.77 bits per heavy atom. The highest BCUT2D eigenvalue weighted by molar-refractivity contribution is 7.93. The molecule has 0 aliphatic heterocycles. The van der Waals surface area contributed by atoms with Crippen LogP contribution in [0.15, 0.2) is 53.1 Å². The molecule has 0 fully saturated rings. The highest BCUT2D eigenvalue weighted by Crippen LogP contribution is 2.24. The molecular weight excluding hydrogens is 348 g/mol. The molecule has 0 saturated carbocycles. The Morgan fingerprint density at radius 3 is 2.31 bits per heavy atom. The topological polar surface area (TPSA) is 75.3 Å². The summed E-state index contributed by atoms with van der Waals surface area (Å²) < 4.78 is 27.3. The standard InChI is InChI=1S/C20H28N2O3S/c1-4-15(3)22-26(24,25)18-13-11-17(12-14-18)21-20(23)19(5-2)16-9-7-6-8-10-16/h6-11,13,15,19,22H,4-5,12,14H2,1-3H3,(H,21,23). The molecule has 2 atom stereocenters. The number of sulfonamides is 1. The summed E-state index contributed by atoms with van der Waals surface area (Å²) in [7, 11) is -3.46. The first kappa shape index (κ1) is 20.4. The predicted octanol–water partition coefficient (Wildman–Crippen LogP) is 3.58. The second kappa shape index (κ2) is 9.14. The van der Waals surface area contributed by atoms with Gasteiger partial charge in [-0.3, -0.25) is 4.79 Å². The van der Waals surface area contributed by atoms with Gasteiger partial charge < -0.3 is 5.32 Å². The van der Waals surface area contributed by atoms with Gasteiger partial charge in [-0.1, -0.05) is 44.2 Å². The number of carbonyl (C=O) groups excluding carboxylic acids is 1. The third kappa shape index (κ3) is 5.29. The largest absolute Gasteiger partial charge is 0.329 e. The van der Waals surface area contributed by atoms with Crippen LogP contribution in [-0.4, -0.2) is 20.4 Å². The van der Waals surface area contributed by atoms with Crippen LogP contribution in [0.1, 0.15) is 57.9 Å². The van der Waals surface area contributed by atoms with Crippen LogP contribution in [0, 0.1) is 0 Å². The maximum Gasteiger partial charge on any atom is 0.236 e. The van der Waals surface area contributed by atoms with Gasteiger partial charge in [-0.2, -0.15) is 0 Å². The Morgan fingerprint density at radius 1 is 1.08 bits per heavy atom. The molecule has 0 spiro atoms. The average Bonchev–Trinajstić information content (AvgIpc) is 2.63. The van der Waals surface area contributed by atoms with Crippen LogP contribution < -0.4 is 10.0 Å². The van der Waals surface area contributed by atoms with E-state index in [1.807, 2.05) is 51.1 Å². The molecule has 1 aromatic rings. The van der Waals surface area contributed by atoms with Crippen molar-refractivity contribution < 1.29 is 13.2 Å². The average molecular weight is 377 g/mol. The summed E-state index contributed by atoms with van der Waals surface area (Å²) in [5.74, 6) is -0.263. The lowest BCUT2D eigenvalue weighted by Crippen LogP contribution is -2.34. The molecule has 1 aliphatic carbocycles. The number of rotatable bonds is 8. The molecule has 0 radical (unpaired) electrons. The van der Waals surface area contributed by atoms with Crippen molar-refractivity contribution in [2.45, 2.75) is 58.4 Å². The van der Waals surface area contributed by atoms with Gasteiger partial charge in [0, 0.05) is 11.7 Å². The van der Waals surface area contributed by atoms with Crippen LogP contribution in [0.2, 0.25) is 0 Å². The number of benzene rings is 1. The van der Waals surface area contributed by atoms with Gasteiger partial charge in [0.1, 0.15) is 0 Å². The normalized spacial score (nSPS) is 17.0. The van der Waals surface area contributed by atoms with Crippen LogP contribution in [0.25, 0.3) is 0 Å². The predicted molar refractivity (Wildman–Crippen MR) is 105 cm³/mol. The fraction of sp³-hybridized carbons (Fsp3) is 0.450. The fourth-order valence-corrected chi connectivity index (χ4v) is 4.34. The van der Waals surface area contributed by atoms with Crippen molar-refractivity contribution in [2.75, 3.05) is 0 Å². The van der Waals surface area contributed by atoms with Crippen molar-refractivity contribution in [1.82, 2.24) is 10.0 Å². The van der Waals surface area contributed by atoms with Gasteiger partial charge in [-0.05, 0) is 50.3 Å². The van der Waals surface area contributed by atoms with E-state index in [-0.39, 0.29) is 17.9 Å². The van der Waals surface area contributed by atoms with E-state index in [1.165, 1.54) is 0 Å². The summed E-state index contributed by atoms with van der Waals surface area (Å²) in [5, 5.41) is 2.95. The van der Waals surface area contributed by atoms with Crippen molar-refractivity contribution >= 4 is 15.9 Å². The van der Waals surface area contributed by atoms with Gasteiger partial charge >= 0.3 is 0 Å². The van der Waals surface area contributed by atoms with Crippen LogP contribution in [-0.2, 0) is 14.8 Å². The first-order chi connectivity index (χ1) is 12.4. The summed E-state index contributed by atoms with van der Waals surface area (Å²) in [6.07, 6.45) is 5.63. The zero-order chi connectivity index (χ0) is 19.2. The van der Waals surface area contributed by atoms with E-state index in [2.05, 4.69) is 10.0 Å². The van der Waals surface area contributed by atoms with Crippen LogP contribution in [0.5, 0.6) is 0 Å². The molecule has 1 aliphatic rings. The van der Waals surface area contributed by atoms with Crippen LogP contribution >= 0.6 is 0 Å². The van der Waals surface area contributed by atoms with Gasteiger partial charge in [0.25, 0.3) is 0 Å². The van der Waals surface area contributed by atoms with Gasteiger partial charge in [0.2, 0.25) is 15.9 Å². The molecule has 1 amide bonds. The molecule has 0 saturated heterocycles. The van der Waals surface area contributed by atoms with Crippen molar-refractivity contribution in [1.29, 1.82) is 0 Å². The van der Waals surface area contributed by atoms with E-state index < -0.39 is 10.0 Å². The van der Waals surface area contributed by atoms with Crippen molar-refractivity contribution in [3.8, 4) is 0 Å². The second-order valence-electron chi connectivity index (χ2n) is 6.62. The minimum Gasteiger partial charge on any atom is -0.329 e. The lowest BCUT2D eigenvalue weighted by Gasteiger charge is -2.20. The molecule has 2 N–H and O–H groups in total. The molecular formula is C20H28N2O3S. The number of carbonyl (C=O) groups is 1. The highest BCUT2D eigenvalue weighted by atomic mass is 32.2. The number of allylic oxidation sites excluding steroid dienone is 4. The van der Waals surface area contributed by atoms with E-state index in [0.717, 1.165) is 17.7 Å². The zero-order valence-corrected chi connectivity index (χ0v) is 16.5. The van der Waals surface area contributed by atoms with E-state index in [4.69, 9.17) is 0 Å². The SMILES string of the molecule is CCC(C)NS(=O)(=O)C1=CC=C(NC(=O)C(CC)c2ccccc2)CC1. The number of nitrogens with one attached hydrogen (secondary N) is 2. The lowest BCUT2D eigenvalue weighted by molar-refractivity contribution is -0.122. The number of hydrogen-bond acceptors (Lipinski definition) is 3. The molecule has 0 aromatic heterocycles. The highest BCUT2D eigenvalue weighted by Gasteiger charge is 2.23. The minimum absolute atomic E-state index is 0.0533. The Balaban J connectivity index is 2.06. The molecule has 1 aromatic carbocycles. The quantitative estimate of drug-likeness (QED) is 0.728. The molecule has 2 rings (SSSR count). The van der Waals surface area contributed by atoms with Crippen LogP contribution in [0.4, 0.5) is 0 Å². The third-order valence-electron chi connectivity index (χ3n) is 4.64. The minimum atomic E-state index is -3.46. The summed E-state index contributed by atoms with van der Waals surface area (Å²) >= 11 is 0. The zero-order valence-electron chi connectivity index (χ0n) is 15.7. The van der Waals surface area contributed by atoms with Crippen LogP contribution in [0.3, 0.4) is 0 Å². The summed E-state index contributed by atoms with van der Waals surface area (Å²) in [5.41, 5.74) is 1.74. The maximum atomic E-state index is 12.6. The molecule has 0 bridgehead atoms. The number of hydrogen-bond donors (Lipinski definition) is 2. The fourth-order valence-electron chi connectivity index (χ4n) is 2.87. The second-order valence-corrected chi connectivity index (χ2v) is 8.38. The summed E-state index contributed by atoms with van der Waals surface area (Å²) in [6, 6.07) is 9.59. The summed E-state index contributed by atoms with van der Waals surface area (Å²) in [6.45, 7) is 5.77. The third-order valence-corrected chi connectivity index (χ3v) is 6.38. The Labute approximate surface area is 156 Å². The maximum absolute atomic E-state index is 12.6. The Kier molecular flexibility index (Phi) is 7.17. The first-order valence-corrected chi connectivity index (χ1v) is 10.6. The van der Waals surface area contributed by atoms with Gasteiger partial charge in [-0.15, -0.1) is 0 Å². The van der Waals surface area contributed by atoms with Gasteiger partial charge in [-0.25, -0.2) is 13.1 Å². The molecule has 2 unspecified atom stereocenters.